The van der Waals surface area contributed by atoms with Gasteiger partial charge in [0, 0.05) is 0 Å². The molecule has 0 atom stereocenters. The Hall–Kier alpha value is -0.830. The monoisotopic (exact) mass is 209 g/mol. The van der Waals surface area contributed by atoms with Crippen LogP contribution < -0.4 is 35.3 Å². The maximum Gasteiger partial charge on any atom is 1.00 e. The fourth-order valence-electron chi connectivity index (χ4n) is 1.63. The molecule has 0 unspecified atom stereocenters. The fourth-order valence-corrected chi connectivity index (χ4v) is 1.63. The molecule has 0 aliphatic heterocycles. The molecule has 0 saturated carbocycles. The molecule has 0 radical (unpaired) electrons. The van der Waals surface area contributed by atoms with E-state index >= 15 is 0 Å². The number of amides is 1. The van der Waals surface area contributed by atoms with Crippen molar-refractivity contribution < 1.29 is 35.8 Å². The molecule has 72 valence electrons. The van der Waals surface area contributed by atoms with Gasteiger partial charge in [-0.3, -0.25) is 4.79 Å². The van der Waals surface area contributed by atoms with Crippen molar-refractivity contribution in [2.24, 2.45) is 5.73 Å². The molecular weight excluding hydrogens is 197 g/mol. The summed E-state index contributed by atoms with van der Waals surface area (Å²) in [6, 6.07) is 13.9. The second kappa shape index (κ2) is 5.31. The maximum absolute atomic E-state index is 10.8. The van der Waals surface area contributed by atoms with Gasteiger partial charge in [-0.1, -0.05) is 42.5 Å². The summed E-state index contributed by atoms with van der Waals surface area (Å²) in [4.78, 5) is 10.8. The number of nitrogens with two attached hydrogens (primary N) is 1. The van der Waals surface area contributed by atoms with Gasteiger partial charge in [0.25, 0.3) is 0 Å². The Kier molecular flexibility index (Phi) is 4.33. The number of carbonyl (C=O) groups excluding carboxylic acids is 1. The molecule has 0 aliphatic carbocycles. The number of hydrogen-bond donors (Lipinski definition) is 1. The van der Waals surface area contributed by atoms with Gasteiger partial charge in [0.1, 0.15) is 0 Å². The molecule has 2 nitrogen and oxygen atoms in total. The van der Waals surface area contributed by atoms with Gasteiger partial charge in [0.2, 0.25) is 5.91 Å². The zero-order valence-corrected chi connectivity index (χ0v) is 10.7. The Balaban J connectivity index is 0.00000112. The molecule has 0 spiro atoms. The van der Waals surface area contributed by atoms with Crippen molar-refractivity contribution in [1.82, 2.24) is 0 Å². The second-order valence-electron chi connectivity index (χ2n) is 3.28. The standard InChI is InChI=1S/C12H11NO.Na.H/c13-12(14)8-10-6-3-5-9-4-1-2-7-11(9)10;;/h1-7H,8H2,(H2,13,14);;/q;+1;-1. The summed E-state index contributed by atoms with van der Waals surface area (Å²) < 4.78 is 0. The predicted octanol–water partition coefficient (Wildman–Crippen LogP) is -1.02. The summed E-state index contributed by atoms with van der Waals surface area (Å²) in [5.41, 5.74) is 6.17. The van der Waals surface area contributed by atoms with Crippen LogP contribution in [-0.2, 0) is 11.2 Å². The SMILES string of the molecule is NC(=O)Cc1cccc2ccccc12.[H-].[Na+]. The van der Waals surface area contributed by atoms with E-state index in [9.17, 15) is 4.79 Å². The van der Waals surface area contributed by atoms with Crippen LogP contribution in [0.1, 0.15) is 6.99 Å². The van der Waals surface area contributed by atoms with E-state index in [-0.39, 0.29) is 36.9 Å². The van der Waals surface area contributed by atoms with Gasteiger partial charge in [0.15, 0.2) is 0 Å². The number of benzene rings is 2. The van der Waals surface area contributed by atoms with E-state index in [0.717, 1.165) is 16.3 Å². The smallest absolute Gasteiger partial charge is 1.00 e. The van der Waals surface area contributed by atoms with Gasteiger partial charge < -0.3 is 7.16 Å². The predicted molar refractivity (Wildman–Crippen MR) is 58.0 cm³/mol. The van der Waals surface area contributed by atoms with E-state index in [1.165, 1.54) is 0 Å². The van der Waals surface area contributed by atoms with Gasteiger partial charge in [-0.2, -0.15) is 0 Å². The fraction of sp³-hybridized carbons (Fsp3) is 0.0833. The van der Waals surface area contributed by atoms with Crippen molar-refractivity contribution in [2.75, 3.05) is 0 Å². The molecule has 0 heterocycles. The second-order valence-corrected chi connectivity index (χ2v) is 3.28. The summed E-state index contributed by atoms with van der Waals surface area (Å²) in [5.74, 6) is -0.290. The van der Waals surface area contributed by atoms with Crippen LogP contribution >= 0.6 is 0 Å². The minimum absolute atomic E-state index is 0. The first-order valence-electron chi connectivity index (χ1n) is 4.52. The van der Waals surface area contributed by atoms with E-state index in [4.69, 9.17) is 5.73 Å². The summed E-state index contributed by atoms with van der Waals surface area (Å²) in [5, 5.41) is 2.25. The molecule has 15 heavy (non-hydrogen) atoms. The normalized spacial score (nSPS) is 9.60. The Labute approximate surface area is 112 Å². The largest absolute Gasteiger partial charge is 1.00 e. The van der Waals surface area contributed by atoms with Crippen LogP contribution in [0.25, 0.3) is 10.8 Å². The number of hydrogen-bond acceptors (Lipinski definition) is 1. The van der Waals surface area contributed by atoms with Crippen molar-refractivity contribution in [3.05, 3.63) is 48.0 Å². The van der Waals surface area contributed by atoms with Gasteiger partial charge in [-0.15, -0.1) is 0 Å². The molecule has 0 aromatic heterocycles. The average Bonchev–Trinajstić information content (AvgIpc) is 2.18. The third-order valence-electron chi connectivity index (χ3n) is 2.24. The first-order chi connectivity index (χ1) is 6.77. The van der Waals surface area contributed by atoms with Gasteiger partial charge in [0.05, 0.1) is 6.42 Å². The molecule has 3 heteroatoms. The van der Waals surface area contributed by atoms with Crippen molar-refractivity contribution in [1.29, 1.82) is 0 Å². The van der Waals surface area contributed by atoms with Gasteiger partial charge in [-0.25, -0.2) is 0 Å². The van der Waals surface area contributed by atoms with Crippen LogP contribution in [0, 0.1) is 0 Å². The zero-order chi connectivity index (χ0) is 9.97. The molecule has 2 aromatic rings. The minimum atomic E-state index is -0.290. The number of fused-ring (bicyclic) bond motifs is 1. The number of carbonyl (C=O) groups is 1. The van der Waals surface area contributed by atoms with E-state index in [1.807, 2.05) is 42.5 Å². The molecule has 0 fully saturated rings. The minimum Gasteiger partial charge on any atom is -1.00 e. The van der Waals surface area contributed by atoms with Crippen LogP contribution in [0.5, 0.6) is 0 Å². The quantitative estimate of drug-likeness (QED) is 0.632. The molecule has 0 aliphatic rings. The summed E-state index contributed by atoms with van der Waals surface area (Å²) >= 11 is 0. The van der Waals surface area contributed by atoms with Crippen LogP contribution in [-0.4, -0.2) is 5.91 Å². The topological polar surface area (TPSA) is 43.1 Å². The van der Waals surface area contributed by atoms with Crippen molar-refractivity contribution in [3.8, 4) is 0 Å². The Morgan fingerprint density at radius 2 is 1.80 bits per heavy atom. The van der Waals surface area contributed by atoms with Crippen LogP contribution in [0.4, 0.5) is 0 Å². The van der Waals surface area contributed by atoms with Gasteiger partial charge in [-0.05, 0) is 16.3 Å². The molecule has 0 saturated heterocycles. The van der Waals surface area contributed by atoms with E-state index < -0.39 is 0 Å². The van der Waals surface area contributed by atoms with Crippen LogP contribution in [0.3, 0.4) is 0 Å². The number of rotatable bonds is 2. The Morgan fingerprint density at radius 1 is 1.13 bits per heavy atom. The van der Waals surface area contributed by atoms with E-state index in [0.29, 0.717) is 6.42 Å². The third-order valence-corrected chi connectivity index (χ3v) is 2.24. The molecule has 0 bridgehead atoms. The molecule has 2 aromatic carbocycles. The maximum atomic E-state index is 10.8. The first-order valence-corrected chi connectivity index (χ1v) is 4.52. The van der Waals surface area contributed by atoms with Crippen molar-refractivity contribution >= 4 is 16.7 Å². The summed E-state index contributed by atoms with van der Waals surface area (Å²) in [6.07, 6.45) is 0.307. The number of primary amides is 1. The molecular formula is C12H12NNaO. The Morgan fingerprint density at radius 3 is 2.53 bits per heavy atom. The molecule has 1 amide bonds. The van der Waals surface area contributed by atoms with E-state index in [2.05, 4.69) is 0 Å². The van der Waals surface area contributed by atoms with Crippen LogP contribution in [0.2, 0.25) is 0 Å². The Bertz CT molecular complexity index is 482. The van der Waals surface area contributed by atoms with E-state index in [1.54, 1.807) is 0 Å². The summed E-state index contributed by atoms with van der Waals surface area (Å²) in [7, 11) is 0. The summed E-state index contributed by atoms with van der Waals surface area (Å²) in [6.45, 7) is 0. The third kappa shape index (κ3) is 2.81. The first kappa shape index (κ1) is 12.2. The average molecular weight is 209 g/mol. The van der Waals surface area contributed by atoms with Crippen molar-refractivity contribution in [2.45, 2.75) is 6.42 Å². The zero-order valence-electron chi connectivity index (χ0n) is 9.73. The van der Waals surface area contributed by atoms with Gasteiger partial charge >= 0.3 is 29.6 Å². The van der Waals surface area contributed by atoms with Crippen molar-refractivity contribution in [3.63, 3.8) is 0 Å². The molecule has 2 N–H and O–H groups in total. The molecule has 2 rings (SSSR count). The van der Waals surface area contributed by atoms with Crippen LogP contribution in [0.15, 0.2) is 42.5 Å².